The fourth-order valence-corrected chi connectivity index (χ4v) is 1.50. The molecular weight excluding hydrogens is 248 g/mol. The van der Waals surface area contributed by atoms with Gasteiger partial charge in [-0.05, 0) is 43.4 Å². The van der Waals surface area contributed by atoms with Crippen molar-refractivity contribution >= 4 is 28.9 Å². The van der Waals surface area contributed by atoms with Gasteiger partial charge in [-0.15, -0.1) is 0 Å². The van der Waals surface area contributed by atoms with E-state index in [1.54, 1.807) is 12.1 Å². The van der Waals surface area contributed by atoms with Crippen molar-refractivity contribution in [3.63, 3.8) is 0 Å². The van der Waals surface area contributed by atoms with Gasteiger partial charge in [0.25, 0.3) is 5.91 Å². The zero-order valence-electron chi connectivity index (χ0n) is 10.8. The molecule has 0 aliphatic carbocycles. The first-order valence-electron chi connectivity index (χ1n) is 5.66. The lowest BCUT2D eigenvalue weighted by atomic mass is 10.2. The Bertz CT molecular complexity index is 417. The molecule has 1 amide bonds. The molecule has 0 saturated heterocycles. The number of amides is 1. The van der Waals surface area contributed by atoms with Crippen LogP contribution in [0.5, 0.6) is 0 Å². The second-order valence-electron chi connectivity index (χ2n) is 3.88. The maximum atomic E-state index is 11.8. The number of hydrogen-bond acceptors (Lipinski definition) is 3. The standard InChI is InChI=1S/C12H18N4OS/c1-4-13-12(18)15-14-11(17)9-5-7-10(8-6-9)16(2)3/h5-8H,4H2,1-3H3,(H,14,17)(H2,13,15,18). The number of carbonyl (C=O) groups excluding carboxylic acids is 1. The molecule has 0 saturated carbocycles. The Kier molecular flexibility index (Phi) is 5.38. The summed E-state index contributed by atoms with van der Waals surface area (Å²) < 4.78 is 0. The van der Waals surface area contributed by atoms with Crippen LogP contribution in [0.2, 0.25) is 0 Å². The Morgan fingerprint density at radius 1 is 1.22 bits per heavy atom. The smallest absolute Gasteiger partial charge is 0.269 e. The number of carbonyl (C=O) groups is 1. The lowest BCUT2D eigenvalue weighted by Crippen LogP contribution is -2.46. The first-order valence-corrected chi connectivity index (χ1v) is 6.07. The topological polar surface area (TPSA) is 56.4 Å². The first-order chi connectivity index (χ1) is 8.54. The van der Waals surface area contributed by atoms with E-state index in [0.29, 0.717) is 17.2 Å². The summed E-state index contributed by atoms with van der Waals surface area (Å²) in [5, 5.41) is 3.27. The van der Waals surface area contributed by atoms with Crippen LogP contribution in [0.1, 0.15) is 17.3 Å². The lowest BCUT2D eigenvalue weighted by molar-refractivity contribution is 0.0943. The molecule has 0 radical (unpaired) electrons. The molecule has 0 spiro atoms. The minimum absolute atomic E-state index is 0.222. The molecule has 6 heteroatoms. The van der Waals surface area contributed by atoms with Crippen molar-refractivity contribution in [1.82, 2.24) is 16.2 Å². The third-order valence-corrected chi connectivity index (χ3v) is 2.52. The average molecular weight is 266 g/mol. The maximum Gasteiger partial charge on any atom is 0.269 e. The SMILES string of the molecule is CCNC(=S)NNC(=O)c1ccc(N(C)C)cc1. The zero-order valence-corrected chi connectivity index (χ0v) is 11.6. The third kappa shape index (κ3) is 4.21. The van der Waals surface area contributed by atoms with E-state index < -0.39 is 0 Å². The quantitative estimate of drug-likeness (QED) is 0.560. The molecule has 3 N–H and O–H groups in total. The van der Waals surface area contributed by atoms with E-state index >= 15 is 0 Å². The molecule has 18 heavy (non-hydrogen) atoms. The molecule has 98 valence electrons. The van der Waals surface area contributed by atoms with E-state index in [9.17, 15) is 4.79 Å². The van der Waals surface area contributed by atoms with Gasteiger partial charge in [-0.1, -0.05) is 0 Å². The summed E-state index contributed by atoms with van der Waals surface area (Å²) in [4.78, 5) is 13.7. The van der Waals surface area contributed by atoms with E-state index in [2.05, 4.69) is 16.2 Å². The largest absolute Gasteiger partial charge is 0.378 e. The number of anilines is 1. The molecule has 1 rings (SSSR count). The minimum atomic E-state index is -0.222. The highest BCUT2D eigenvalue weighted by Crippen LogP contribution is 2.11. The predicted octanol–water partition coefficient (Wildman–Crippen LogP) is 0.881. The Morgan fingerprint density at radius 2 is 1.83 bits per heavy atom. The second kappa shape index (κ2) is 6.80. The minimum Gasteiger partial charge on any atom is -0.378 e. The summed E-state index contributed by atoms with van der Waals surface area (Å²) in [6, 6.07) is 7.31. The van der Waals surface area contributed by atoms with Crippen LogP contribution in [0.25, 0.3) is 0 Å². The molecule has 1 aromatic carbocycles. The van der Waals surface area contributed by atoms with Gasteiger partial charge < -0.3 is 10.2 Å². The van der Waals surface area contributed by atoms with Gasteiger partial charge in [0.15, 0.2) is 5.11 Å². The highest BCUT2D eigenvalue weighted by atomic mass is 32.1. The van der Waals surface area contributed by atoms with Crippen LogP contribution in [-0.2, 0) is 0 Å². The number of benzene rings is 1. The van der Waals surface area contributed by atoms with Gasteiger partial charge in [0.2, 0.25) is 0 Å². The second-order valence-corrected chi connectivity index (χ2v) is 4.29. The third-order valence-electron chi connectivity index (χ3n) is 2.27. The Labute approximate surface area is 113 Å². The van der Waals surface area contributed by atoms with E-state index in [-0.39, 0.29) is 5.91 Å². The molecule has 0 aliphatic rings. The fourth-order valence-electron chi connectivity index (χ4n) is 1.30. The molecule has 5 nitrogen and oxygen atoms in total. The number of hydrazine groups is 1. The number of nitrogens with one attached hydrogen (secondary N) is 3. The van der Waals surface area contributed by atoms with Crippen LogP contribution >= 0.6 is 12.2 Å². The van der Waals surface area contributed by atoms with Crippen LogP contribution in [0, 0.1) is 0 Å². The zero-order chi connectivity index (χ0) is 13.5. The summed E-state index contributed by atoms with van der Waals surface area (Å²) >= 11 is 4.93. The van der Waals surface area contributed by atoms with Gasteiger partial charge in [0.05, 0.1) is 0 Å². The lowest BCUT2D eigenvalue weighted by Gasteiger charge is -2.13. The van der Waals surface area contributed by atoms with E-state index in [1.807, 2.05) is 38.1 Å². The summed E-state index contributed by atoms with van der Waals surface area (Å²) in [5.41, 5.74) is 6.78. The van der Waals surface area contributed by atoms with Crippen molar-refractivity contribution in [1.29, 1.82) is 0 Å². The summed E-state index contributed by atoms with van der Waals surface area (Å²) in [6.45, 7) is 2.63. The maximum absolute atomic E-state index is 11.8. The van der Waals surface area contributed by atoms with Gasteiger partial charge in [0, 0.05) is 31.9 Å². The molecule has 0 aromatic heterocycles. The fraction of sp³-hybridized carbons (Fsp3) is 0.333. The Morgan fingerprint density at radius 3 is 2.33 bits per heavy atom. The number of hydrogen-bond donors (Lipinski definition) is 3. The van der Waals surface area contributed by atoms with Crippen molar-refractivity contribution in [3.8, 4) is 0 Å². The summed E-state index contributed by atoms with van der Waals surface area (Å²) in [6.07, 6.45) is 0. The van der Waals surface area contributed by atoms with Crippen molar-refractivity contribution in [2.75, 3.05) is 25.5 Å². The van der Waals surface area contributed by atoms with E-state index in [0.717, 1.165) is 5.69 Å². The van der Waals surface area contributed by atoms with Gasteiger partial charge in [-0.2, -0.15) is 0 Å². The molecule has 0 fully saturated rings. The molecule has 1 aromatic rings. The van der Waals surface area contributed by atoms with Crippen LogP contribution < -0.4 is 21.1 Å². The Balaban J connectivity index is 2.54. The number of rotatable bonds is 3. The normalized spacial score (nSPS) is 9.50. The highest BCUT2D eigenvalue weighted by molar-refractivity contribution is 7.80. The molecular formula is C12H18N4OS. The van der Waals surface area contributed by atoms with E-state index in [1.165, 1.54) is 0 Å². The number of nitrogens with zero attached hydrogens (tertiary/aromatic N) is 1. The predicted molar refractivity (Wildman–Crippen MR) is 77.6 cm³/mol. The van der Waals surface area contributed by atoms with Gasteiger partial charge in [-0.25, -0.2) is 0 Å². The van der Waals surface area contributed by atoms with Crippen molar-refractivity contribution in [2.45, 2.75) is 6.92 Å². The van der Waals surface area contributed by atoms with Gasteiger partial charge >= 0.3 is 0 Å². The molecule has 0 bridgehead atoms. The molecule has 0 heterocycles. The van der Waals surface area contributed by atoms with Gasteiger partial charge in [0.1, 0.15) is 0 Å². The average Bonchev–Trinajstić information content (AvgIpc) is 2.36. The van der Waals surface area contributed by atoms with Crippen molar-refractivity contribution < 1.29 is 4.79 Å². The highest BCUT2D eigenvalue weighted by Gasteiger charge is 2.05. The monoisotopic (exact) mass is 266 g/mol. The molecule has 0 aliphatic heterocycles. The summed E-state index contributed by atoms with van der Waals surface area (Å²) in [5.74, 6) is -0.222. The summed E-state index contributed by atoms with van der Waals surface area (Å²) in [7, 11) is 3.90. The van der Waals surface area contributed by atoms with Crippen LogP contribution in [0.3, 0.4) is 0 Å². The number of thiocarbonyl (C=S) groups is 1. The first kappa shape index (κ1) is 14.2. The van der Waals surface area contributed by atoms with Crippen molar-refractivity contribution in [2.24, 2.45) is 0 Å². The van der Waals surface area contributed by atoms with Crippen molar-refractivity contribution in [3.05, 3.63) is 29.8 Å². The molecule has 0 unspecified atom stereocenters. The Hall–Kier alpha value is -1.82. The molecule has 0 atom stereocenters. The van der Waals surface area contributed by atoms with E-state index in [4.69, 9.17) is 12.2 Å². The van der Waals surface area contributed by atoms with Crippen LogP contribution in [0.15, 0.2) is 24.3 Å². The van der Waals surface area contributed by atoms with Crippen LogP contribution in [0.4, 0.5) is 5.69 Å². The van der Waals surface area contributed by atoms with Crippen LogP contribution in [-0.4, -0.2) is 31.7 Å². The van der Waals surface area contributed by atoms with Gasteiger partial charge in [-0.3, -0.25) is 15.6 Å².